The van der Waals surface area contributed by atoms with Crippen LogP contribution in [0, 0.1) is 5.82 Å². The molecule has 2 aromatic rings. The molecule has 0 saturated heterocycles. The molecule has 1 aliphatic heterocycles. The van der Waals surface area contributed by atoms with Gasteiger partial charge in [0.1, 0.15) is 23.2 Å². The number of sulfonamides is 1. The summed E-state index contributed by atoms with van der Waals surface area (Å²) >= 11 is 0. The minimum Gasteiger partial charge on any atom is -0.487 e. The van der Waals surface area contributed by atoms with Gasteiger partial charge in [-0.25, -0.2) is 12.8 Å². The highest BCUT2D eigenvalue weighted by Gasteiger charge is 2.37. The van der Waals surface area contributed by atoms with Crippen molar-refractivity contribution in [1.29, 1.82) is 0 Å². The van der Waals surface area contributed by atoms with Crippen molar-refractivity contribution in [3.63, 3.8) is 0 Å². The highest BCUT2D eigenvalue weighted by atomic mass is 32.2. The molecule has 6 nitrogen and oxygen atoms in total. The molecule has 2 aromatic carbocycles. The summed E-state index contributed by atoms with van der Waals surface area (Å²) in [7, 11) is -3.90. The number of carbonyl (C=O) groups excluding carboxylic acids is 1. The van der Waals surface area contributed by atoms with Crippen molar-refractivity contribution in [3.8, 4) is 5.75 Å². The standard InChI is InChI=1S/C21H25FN2O4S/c1-14(24(29(4,26)27)18-11-7-6-10-16(18)22)20(25)23-17-13-21(2,3)28-19-12-8-5-9-15(17)19/h5-12,14,17H,13H2,1-4H3,(H,23,25). The van der Waals surface area contributed by atoms with Crippen molar-refractivity contribution in [2.45, 2.75) is 44.9 Å². The summed E-state index contributed by atoms with van der Waals surface area (Å²) in [6, 6.07) is 11.4. The summed E-state index contributed by atoms with van der Waals surface area (Å²) in [5, 5.41) is 2.92. The number of carbonyl (C=O) groups is 1. The molecule has 0 aliphatic carbocycles. The van der Waals surface area contributed by atoms with E-state index in [2.05, 4.69) is 5.32 Å². The molecule has 156 valence electrons. The summed E-state index contributed by atoms with van der Waals surface area (Å²) < 4.78 is 45.8. The molecule has 0 bridgehead atoms. The van der Waals surface area contributed by atoms with Crippen LogP contribution in [0.15, 0.2) is 48.5 Å². The van der Waals surface area contributed by atoms with Crippen LogP contribution < -0.4 is 14.4 Å². The number of para-hydroxylation sites is 2. The molecule has 0 aromatic heterocycles. The van der Waals surface area contributed by atoms with Crippen LogP contribution in [-0.2, 0) is 14.8 Å². The van der Waals surface area contributed by atoms with Crippen LogP contribution >= 0.6 is 0 Å². The lowest BCUT2D eigenvalue weighted by Crippen LogP contribution is -2.50. The van der Waals surface area contributed by atoms with Gasteiger partial charge in [-0.3, -0.25) is 9.10 Å². The molecule has 1 aliphatic rings. The van der Waals surface area contributed by atoms with Crippen LogP contribution in [0.2, 0.25) is 0 Å². The largest absolute Gasteiger partial charge is 0.487 e. The maximum absolute atomic E-state index is 14.3. The predicted molar refractivity (Wildman–Crippen MR) is 110 cm³/mol. The molecule has 1 heterocycles. The molecule has 0 spiro atoms. The first-order chi connectivity index (χ1) is 13.5. The Morgan fingerprint density at radius 3 is 2.48 bits per heavy atom. The molecular weight excluding hydrogens is 395 g/mol. The zero-order valence-electron chi connectivity index (χ0n) is 16.8. The molecule has 8 heteroatoms. The number of nitrogens with zero attached hydrogens (tertiary/aromatic N) is 1. The molecule has 1 amide bonds. The minimum atomic E-state index is -3.90. The van der Waals surface area contributed by atoms with Crippen LogP contribution in [0.4, 0.5) is 10.1 Å². The second-order valence-electron chi connectivity index (χ2n) is 7.85. The van der Waals surface area contributed by atoms with E-state index in [0.717, 1.165) is 22.2 Å². The van der Waals surface area contributed by atoms with Gasteiger partial charge in [-0.2, -0.15) is 0 Å². The van der Waals surface area contributed by atoms with Crippen LogP contribution in [0.1, 0.15) is 38.8 Å². The fourth-order valence-electron chi connectivity index (χ4n) is 3.63. The van der Waals surface area contributed by atoms with E-state index in [4.69, 9.17) is 4.74 Å². The first-order valence-corrected chi connectivity index (χ1v) is 11.2. The Hall–Kier alpha value is -2.61. The third-order valence-corrected chi connectivity index (χ3v) is 6.10. The second kappa shape index (κ2) is 7.67. The lowest BCUT2D eigenvalue weighted by Gasteiger charge is -2.38. The number of amides is 1. The summed E-state index contributed by atoms with van der Waals surface area (Å²) in [4.78, 5) is 13.0. The SMILES string of the molecule is CC(C(=O)NC1CC(C)(C)Oc2ccccc21)N(c1ccccc1F)S(C)(=O)=O. The lowest BCUT2D eigenvalue weighted by atomic mass is 9.89. The molecule has 2 unspecified atom stereocenters. The zero-order valence-corrected chi connectivity index (χ0v) is 17.7. The van der Waals surface area contributed by atoms with Crippen molar-refractivity contribution in [3.05, 3.63) is 59.9 Å². The highest BCUT2D eigenvalue weighted by molar-refractivity contribution is 7.92. The Kier molecular flexibility index (Phi) is 5.58. The van der Waals surface area contributed by atoms with E-state index in [-0.39, 0.29) is 11.7 Å². The highest BCUT2D eigenvalue weighted by Crippen LogP contribution is 2.39. The van der Waals surface area contributed by atoms with Gasteiger partial charge in [-0.15, -0.1) is 0 Å². The first kappa shape index (κ1) is 21.1. The molecule has 0 saturated carbocycles. The normalized spacial score (nSPS) is 18.9. The molecule has 29 heavy (non-hydrogen) atoms. The van der Waals surface area contributed by atoms with Crippen molar-refractivity contribution >= 4 is 21.6 Å². The Balaban J connectivity index is 1.90. The molecule has 0 radical (unpaired) electrons. The number of hydrogen-bond donors (Lipinski definition) is 1. The molecule has 0 fully saturated rings. The number of nitrogens with one attached hydrogen (secondary N) is 1. The average molecular weight is 421 g/mol. The first-order valence-electron chi connectivity index (χ1n) is 9.32. The number of benzene rings is 2. The molecular formula is C21H25FN2O4S. The second-order valence-corrected chi connectivity index (χ2v) is 9.71. The van der Waals surface area contributed by atoms with E-state index in [0.29, 0.717) is 12.2 Å². The topological polar surface area (TPSA) is 75.7 Å². The summed E-state index contributed by atoms with van der Waals surface area (Å²) in [6.07, 6.45) is 1.47. The van der Waals surface area contributed by atoms with Gasteiger partial charge in [-0.1, -0.05) is 30.3 Å². The van der Waals surface area contributed by atoms with Crippen LogP contribution in [-0.4, -0.2) is 32.2 Å². The van der Waals surface area contributed by atoms with Crippen molar-refractivity contribution in [2.75, 3.05) is 10.6 Å². The van der Waals surface area contributed by atoms with Gasteiger partial charge < -0.3 is 10.1 Å². The number of rotatable bonds is 5. The van der Waals surface area contributed by atoms with Crippen LogP contribution in [0.5, 0.6) is 5.75 Å². The summed E-state index contributed by atoms with van der Waals surface area (Å²) in [5.41, 5.74) is 0.159. The van der Waals surface area contributed by atoms with Gasteiger partial charge in [-0.05, 0) is 39.0 Å². The quantitative estimate of drug-likeness (QED) is 0.805. The number of halogens is 1. The molecule has 2 atom stereocenters. The van der Waals surface area contributed by atoms with Crippen LogP contribution in [0.25, 0.3) is 0 Å². The van der Waals surface area contributed by atoms with Crippen molar-refractivity contribution < 1.29 is 22.3 Å². The molecule has 3 rings (SSSR count). The Bertz CT molecular complexity index is 1020. The Morgan fingerprint density at radius 1 is 1.21 bits per heavy atom. The number of ether oxygens (including phenoxy) is 1. The Labute approximate surface area is 170 Å². The van der Waals surface area contributed by atoms with E-state index in [1.165, 1.54) is 25.1 Å². The van der Waals surface area contributed by atoms with Gasteiger partial charge >= 0.3 is 0 Å². The van der Waals surface area contributed by atoms with E-state index in [1.807, 2.05) is 38.1 Å². The van der Waals surface area contributed by atoms with Gasteiger partial charge in [0, 0.05) is 12.0 Å². The lowest BCUT2D eigenvalue weighted by molar-refractivity contribution is -0.123. The van der Waals surface area contributed by atoms with E-state index in [9.17, 15) is 17.6 Å². The van der Waals surface area contributed by atoms with E-state index < -0.39 is 33.4 Å². The number of fused-ring (bicyclic) bond motifs is 1. The van der Waals surface area contributed by atoms with E-state index in [1.54, 1.807) is 0 Å². The maximum Gasteiger partial charge on any atom is 0.244 e. The number of anilines is 1. The third kappa shape index (κ3) is 4.53. The fraction of sp³-hybridized carbons (Fsp3) is 0.381. The smallest absolute Gasteiger partial charge is 0.244 e. The fourth-order valence-corrected chi connectivity index (χ4v) is 4.81. The minimum absolute atomic E-state index is 0.162. The van der Waals surface area contributed by atoms with Crippen molar-refractivity contribution in [2.24, 2.45) is 0 Å². The average Bonchev–Trinajstić information content (AvgIpc) is 2.61. The predicted octanol–water partition coefficient (Wildman–Crippen LogP) is 3.40. The summed E-state index contributed by atoms with van der Waals surface area (Å²) in [6.45, 7) is 5.29. The number of hydrogen-bond acceptors (Lipinski definition) is 4. The maximum atomic E-state index is 14.3. The van der Waals surface area contributed by atoms with Gasteiger partial charge in [0.2, 0.25) is 15.9 Å². The van der Waals surface area contributed by atoms with Crippen LogP contribution in [0.3, 0.4) is 0 Å². The van der Waals surface area contributed by atoms with Gasteiger partial charge in [0.05, 0.1) is 18.0 Å². The third-order valence-electron chi connectivity index (χ3n) is 4.87. The van der Waals surface area contributed by atoms with Gasteiger partial charge in [0.15, 0.2) is 0 Å². The van der Waals surface area contributed by atoms with Gasteiger partial charge in [0.25, 0.3) is 0 Å². The zero-order chi connectivity index (χ0) is 21.4. The molecule has 1 N–H and O–H groups in total. The monoisotopic (exact) mass is 420 g/mol. The Morgan fingerprint density at radius 2 is 1.83 bits per heavy atom. The van der Waals surface area contributed by atoms with Crippen molar-refractivity contribution in [1.82, 2.24) is 5.32 Å². The van der Waals surface area contributed by atoms with E-state index >= 15 is 0 Å². The summed E-state index contributed by atoms with van der Waals surface area (Å²) in [5.74, 6) is -0.554.